The lowest BCUT2D eigenvalue weighted by Crippen LogP contribution is -2.06. The molecule has 2 aliphatic rings. The van der Waals surface area contributed by atoms with E-state index in [9.17, 15) is 0 Å². The number of halogens is 1. The van der Waals surface area contributed by atoms with Crippen molar-refractivity contribution in [3.05, 3.63) is 34.3 Å². The molecule has 0 fully saturated rings. The summed E-state index contributed by atoms with van der Waals surface area (Å²) in [5.41, 5.74) is 1.13. The number of nitrogens with zero attached hydrogens (tertiary/aromatic N) is 3. The van der Waals surface area contributed by atoms with E-state index < -0.39 is 0 Å². The van der Waals surface area contributed by atoms with Crippen LogP contribution in [0.2, 0.25) is 0 Å². The zero-order chi connectivity index (χ0) is 10.3. The molecular formula is C10H6BrN3S. The van der Waals surface area contributed by atoms with Crippen LogP contribution < -0.4 is 0 Å². The number of hydrogen-bond donors (Lipinski definition) is 0. The Morgan fingerprint density at radius 2 is 2.00 bits per heavy atom. The van der Waals surface area contributed by atoms with Crippen molar-refractivity contribution in [1.82, 2.24) is 0 Å². The fourth-order valence-corrected chi connectivity index (χ4v) is 2.63. The quantitative estimate of drug-likeness (QED) is 0.779. The van der Waals surface area contributed by atoms with Crippen LogP contribution in [0.3, 0.4) is 0 Å². The Bertz CT molecular complexity index is 490. The van der Waals surface area contributed by atoms with Gasteiger partial charge in [-0.3, -0.25) is 4.99 Å². The van der Waals surface area contributed by atoms with Gasteiger partial charge in [-0.2, -0.15) is 5.10 Å². The van der Waals surface area contributed by atoms with Gasteiger partial charge in [-0.15, -0.1) is 5.10 Å². The van der Waals surface area contributed by atoms with E-state index in [0.29, 0.717) is 0 Å². The molecule has 0 spiro atoms. The first kappa shape index (κ1) is 9.30. The van der Waals surface area contributed by atoms with Crippen molar-refractivity contribution in [2.45, 2.75) is 6.04 Å². The van der Waals surface area contributed by atoms with Crippen molar-refractivity contribution in [2.75, 3.05) is 0 Å². The monoisotopic (exact) mass is 279 g/mol. The lowest BCUT2D eigenvalue weighted by molar-refractivity contribution is 1.22. The molecule has 1 aromatic carbocycles. The van der Waals surface area contributed by atoms with Gasteiger partial charge < -0.3 is 0 Å². The summed E-state index contributed by atoms with van der Waals surface area (Å²) in [6.07, 6.45) is 1.77. The molecule has 0 N–H and O–H groups in total. The van der Waals surface area contributed by atoms with E-state index >= 15 is 0 Å². The molecule has 1 atom stereocenters. The summed E-state index contributed by atoms with van der Waals surface area (Å²) < 4.78 is 1.08. The second kappa shape index (κ2) is 3.57. The Morgan fingerprint density at radius 3 is 2.73 bits per heavy atom. The minimum Gasteiger partial charge on any atom is -0.261 e. The van der Waals surface area contributed by atoms with Crippen LogP contribution in [0.1, 0.15) is 5.56 Å². The molecule has 15 heavy (non-hydrogen) atoms. The maximum absolute atomic E-state index is 4.53. The first-order valence-corrected chi connectivity index (χ1v) is 6.06. The molecule has 2 aliphatic heterocycles. The van der Waals surface area contributed by atoms with E-state index in [0.717, 1.165) is 20.1 Å². The van der Waals surface area contributed by atoms with Gasteiger partial charge in [-0.25, -0.2) is 0 Å². The second-order valence-corrected chi connectivity index (χ2v) is 5.12. The fourth-order valence-electron chi connectivity index (χ4n) is 1.42. The first-order chi connectivity index (χ1) is 7.33. The number of hydrogen-bond acceptors (Lipinski definition) is 4. The van der Waals surface area contributed by atoms with E-state index in [2.05, 4.69) is 43.3 Å². The highest BCUT2D eigenvalue weighted by molar-refractivity contribution is 9.10. The van der Waals surface area contributed by atoms with E-state index in [1.807, 2.05) is 12.1 Å². The highest BCUT2D eigenvalue weighted by Crippen LogP contribution is 2.28. The van der Waals surface area contributed by atoms with Gasteiger partial charge in [0.1, 0.15) is 16.1 Å². The van der Waals surface area contributed by atoms with Crippen LogP contribution >= 0.6 is 27.7 Å². The van der Waals surface area contributed by atoms with Gasteiger partial charge in [0.15, 0.2) is 0 Å². The lowest BCUT2D eigenvalue weighted by Gasteiger charge is -1.98. The Morgan fingerprint density at radius 1 is 1.20 bits per heavy atom. The normalized spacial score (nSPS) is 22.6. The smallest absolute Gasteiger partial charge is 0.138 e. The van der Waals surface area contributed by atoms with E-state index in [-0.39, 0.29) is 6.04 Å². The third-order valence-corrected chi connectivity index (χ3v) is 3.76. The van der Waals surface area contributed by atoms with E-state index in [4.69, 9.17) is 0 Å². The Hall–Kier alpha value is -0.940. The lowest BCUT2D eigenvalue weighted by atomic mass is 10.2. The largest absolute Gasteiger partial charge is 0.261 e. The van der Waals surface area contributed by atoms with Gasteiger partial charge in [0.2, 0.25) is 0 Å². The molecule has 0 bridgehead atoms. The van der Waals surface area contributed by atoms with Crippen LogP contribution in [0.4, 0.5) is 0 Å². The van der Waals surface area contributed by atoms with Crippen molar-refractivity contribution < 1.29 is 0 Å². The van der Waals surface area contributed by atoms with Crippen molar-refractivity contribution in [3.63, 3.8) is 0 Å². The molecular weight excluding hydrogens is 274 g/mol. The molecule has 0 aromatic heterocycles. The minimum atomic E-state index is 0.0636. The van der Waals surface area contributed by atoms with Crippen molar-refractivity contribution in [2.24, 2.45) is 15.2 Å². The summed E-state index contributed by atoms with van der Waals surface area (Å²) in [6, 6.07) is 8.20. The highest BCUT2D eigenvalue weighted by Gasteiger charge is 2.27. The average molecular weight is 280 g/mol. The van der Waals surface area contributed by atoms with Gasteiger partial charge in [-0.05, 0) is 23.9 Å². The van der Waals surface area contributed by atoms with Gasteiger partial charge in [0.25, 0.3) is 0 Å². The minimum absolute atomic E-state index is 0.0636. The van der Waals surface area contributed by atoms with Crippen molar-refractivity contribution in [3.8, 4) is 0 Å². The van der Waals surface area contributed by atoms with Crippen LogP contribution in [0, 0.1) is 0 Å². The second-order valence-electron chi connectivity index (χ2n) is 3.19. The van der Waals surface area contributed by atoms with Crippen molar-refractivity contribution in [1.29, 1.82) is 0 Å². The van der Waals surface area contributed by atoms with Crippen LogP contribution in [0.25, 0.3) is 0 Å². The van der Waals surface area contributed by atoms with Gasteiger partial charge >= 0.3 is 0 Å². The zero-order valence-electron chi connectivity index (χ0n) is 7.59. The molecule has 0 saturated heterocycles. The van der Waals surface area contributed by atoms with Crippen molar-refractivity contribution >= 4 is 44.0 Å². The molecule has 3 rings (SSSR count). The predicted octanol–water partition coefficient (Wildman–Crippen LogP) is 2.71. The third kappa shape index (κ3) is 1.66. The van der Waals surface area contributed by atoms with Gasteiger partial charge in [0, 0.05) is 10.0 Å². The average Bonchev–Trinajstić information content (AvgIpc) is 2.78. The molecule has 5 heteroatoms. The van der Waals surface area contributed by atoms with Crippen LogP contribution in [0.5, 0.6) is 0 Å². The maximum Gasteiger partial charge on any atom is 0.138 e. The maximum atomic E-state index is 4.53. The molecule has 0 amide bonds. The summed E-state index contributed by atoms with van der Waals surface area (Å²) in [6.45, 7) is 0. The summed E-state index contributed by atoms with van der Waals surface area (Å²) in [7, 11) is 0. The van der Waals surface area contributed by atoms with E-state index in [1.165, 1.54) is 0 Å². The van der Waals surface area contributed by atoms with Crippen LogP contribution in [-0.2, 0) is 0 Å². The third-order valence-electron chi connectivity index (χ3n) is 2.17. The predicted molar refractivity (Wildman–Crippen MR) is 68.0 cm³/mol. The topological polar surface area (TPSA) is 37.1 Å². The fraction of sp³-hybridized carbons (Fsp3) is 0.100. The SMILES string of the molecule is Brc1ccc(C2=N[C@H]3C=NN=C3S2)cc1. The molecule has 3 nitrogen and oxygen atoms in total. The van der Waals surface area contributed by atoms with Gasteiger partial charge in [0.05, 0.1) is 6.21 Å². The Balaban J connectivity index is 1.94. The molecule has 0 aliphatic carbocycles. The summed E-state index contributed by atoms with van der Waals surface area (Å²) in [4.78, 5) is 4.53. The number of aliphatic imine (C=N–C) groups is 1. The van der Waals surface area contributed by atoms with Crippen LogP contribution in [0.15, 0.2) is 43.9 Å². The highest BCUT2D eigenvalue weighted by atomic mass is 79.9. The van der Waals surface area contributed by atoms with E-state index in [1.54, 1.807) is 18.0 Å². The molecule has 0 saturated carbocycles. The standard InChI is InChI=1S/C10H6BrN3S/c11-7-3-1-6(2-4-7)9-13-8-5-12-14-10(8)15-9/h1-5,8H/t8-/m0/s1. The Kier molecular flexibility index (Phi) is 2.21. The summed E-state index contributed by atoms with van der Waals surface area (Å²) >= 11 is 5.01. The molecule has 0 radical (unpaired) electrons. The summed E-state index contributed by atoms with van der Waals surface area (Å²) in [5, 5.41) is 9.86. The molecule has 74 valence electrons. The Labute approximate surface area is 99.5 Å². The number of rotatable bonds is 1. The zero-order valence-corrected chi connectivity index (χ0v) is 9.99. The van der Waals surface area contributed by atoms with Crippen LogP contribution in [-0.4, -0.2) is 22.3 Å². The molecule has 1 aromatic rings. The number of thioether (sulfide) groups is 1. The van der Waals surface area contributed by atoms with Gasteiger partial charge in [-0.1, -0.05) is 28.1 Å². The number of benzene rings is 1. The first-order valence-electron chi connectivity index (χ1n) is 4.45. The molecule has 2 heterocycles. The summed E-state index contributed by atoms with van der Waals surface area (Å²) in [5.74, 6) is 0. The molecule has 0 unspecified atom stereocenters. The number of fused-ring (bicyclic) bond motifs is 1.